The highest BCUT2D eigenvalue weighted by molar-refractivity contribution is 6.51. The quantitative estimate of drug-likeness (QED) is 0.145. The van der Waals surface area contributed by atoms with Crippen molar-refractivity contribution in [2.45, 2.75) is 39.7 Å². The molecule has 1 amide bonds. The van der Waals surface area contributed by atoms with Crippen molar-refractivity contribution >= 4 is 23.1 Å². The number of aliphatic hydroxyl groups is 1. The third-order valence-corrected chi connectivity index (χ3v) is 7.33. The van der Waals surface area contributed by atoms with Gasteiger partial charge in [-0.2, -0.15) is 0 Å². The van der Waals surface area contributed by atoms with Gasteiger partial charge in [-0.25, -0.2) is 0 Å². The summed E-state index contributed by atoms with van der Waals surface area (Å²) in [6.07, 6.45) is 0. The average molecular weight is 548 g/mol. The van der Waals surface area contributed by atoms with Crippen LogP contribution in [0.4, 0.5) is 5.69 Å². The molecule has 1 fully saturated rings. The van der Waals surface area contributed by atoms with Gasteiger partial charge in [-0.15, -0.1) is 0 Å². The van der Waals surface area contributed by atoms with Crippen LogP contribution in [0.1, 0.15) is 53.6 Å². The predicted octanol–water partition coefficient (Wildman–Crippen LogP) is 7.85. The summed E-state index contributed by atoms with van der Waals surface area (Å²) in [6.45, 7) is 7.84. The predicted molar refractivity (Wildman–Crippen MR) is 161 cm³/mol. The number of rotatable bonds is 7. The lowest BCUT2D eigenvalue weighted by Crippen LogP contribution is -2.29. The number of carbonyl (C=O) groups is 2. The molecule has 0 bridgehead atoms. The Kier molecular flexibility index (Phi) is 7.66. The third kappa shape index (κ3) is 5.33. The van der Waals surface area contributed by atoms with Crippen LogP contribution >= 0.6 is 0 Å². The number of para-hydroxylation sites is 1. The topological polar surface area (TPSA) is 76.1 Å². The lowest BCUT2D eigenvalue weighted by molar-refractivity contribution is -0.132. The fourth-order valence-electron chi connectivity index (χ4n) is 5.29. The number of ketones is 1. The zero-order chi connectivity index (χ0) is 29.3. The van der Waals surface area contributed by atoms with E-state index in [1.165, 1.54) is 4.90 Å². The molecule has 208 valence electrons. The van der Waals surface area contributed by atoms with Crippen LogP contribution in [-0.2, 0) is 9.59 Å². The molecule has 0 aromatic heterocycles. The Bertz CT molecular complexity index is 1650. The molecule has 1 N–H and O–H groups in total. The highest BCUT2D eigenvalue weighted by Crippen LogP contribution is 2.44. The number of anilines is 1. The number of aliphatic hydroxyl groups excluding tert-OH is 1. The summed E-state index contributed by atoms with van der Waals surface area (Å²) in [5, 5.41) is 11.8. The van der Waals surface area contributed by atoms with Crippen molar-refractivity contribution in [2.24, 2.45) is 0 Å². The van der Waals surface area contributed by atoms with Crippen LogP contribution in [0.25, 0.3) is 5.76 Å². The first-order valence-electron chi connectivity index (χ1n) is 13.6. The molecule has 1 atom stereocenters. The molecule has 1 saturated heterocycles. The van der Waals surface area contributed by atoms with Gasteiger partial charge in [0.15, 0.2) is 0 Å². The van der Waals surface area contributed by atoms with Crippen LogP contribution in [0.3, 0.4) is 0 Å². The van der Waals surface area contributed by atoms with Gasteiger partial charge in [-0.3, -0.25) is 14.5 Å². The number of carbonyl (C=O) groups excluding carboxylic acids is 2. The molecule has 41 heavy (non-hydrogen) atoms. The summed E-state index contributed by atoms with van der Waals surface area (Å²) < 4.78 is 11.7. The van der Waals surface area contributed by atoms with E-state index in [1.54, 1.807) is 19.2 Å². The summed E-state index contributed by atoms with van der Waals surface area (Å²) in [5.41, 5.74) is 4.27. The maximum absolute atomic E-state index is 13.7. The van der Waals surface area contributed by atoms with Crippen molar-refractivity contribution in [3.05, 3.63) is 124 Å². The largest absolute Gasteiger partial charge is 0.507 e. The van der Waals surface area contributed by atoms with Crippen molar-refractivity contribution in [1.29, 1.82) is 0 Å². The molecule has 6 nitrogen and oxygen atoms in total. The van der Waals surface area contributed by atoms with Crippen LogP contribution < -0.4 is 14.4 Å². The van der Waals surface area contributed by atoms with E-state index in [1.807, 2.05) is 107 Å². The van der Waals surface area contributed by atoms with Crippen molar-refractivity contribution in [2.75, 3.05) is 12.0 Å². The number of ether oxygens (including phenoxy) is 2. The molecule has 6 heteroatoms. The van der Waals surface area contributed by atoms with Gasteiger partial charge < -0.3 is 14.6 Å². The average Bonchev–Trinajstić information content (AvgIpc) is 3.23. The Balaban J connectivity index is 1.72. The summed E-state index contributed by atoms with van der Waals surface area (Å²) in [6, 6.07) is 26.9. The number of nitrogens with zero attached hydrogens (tertiary/aromatic N) is 1. The Morgan fingerprint density at radius 1 is 0.854 bits per heavy atom. The second-order valence-electron chi connectivity index (χ2n) is 10.6. The van der Waals surface area contributed by atoms with Crippen molar-refractivity contribution in [3.8, 4) is 17.2 Å². The van der Waals surface area contributed by atoms with Crippen LogP contribution in [0, 0.1) is 13.8 Å². The molecule has 0 spiro atoms. The maximum Gasteiger partial charge on any atom is 0.300 e. The molecular formula is C35H33NO5. The van der Waals surface area contributed by atoms with E-state index in [9.17, 15) is 14.7 Å². The summed E-state index contributed by atoms with van der Waals surface area (Å²) in [7, 11) is 1.61. The zero-order valence-electron chi connectivity index (χ0n) is 23.8. The number of Topliss-reactive ketones (excluding diaryl/α,β-unsaturated/α-hetero) is 1. The molecular weight excluding hydrogens is 514 g/mol. The van der Waals surface area contributed by atoms with Gasteiger partial charge >= 0.3 is 0 Å². The van der Waals surface area contributed by atoms with E-state index < -0.39 is 17.7 Å². The lowest BCUT2D eigenvalue weighted by atomic mass is 9.91. The first kappa shape index (κ1) is 27.7. The Morgan fingerprint density at radius 2 is 1.56 bits per heavy atom. The fraction of sp³-hybridized carbons (Fsp3) is 0.200. The Labute approximate surface area is 240 Å². The highest BCUT2D eigenvalue weighted by Gasteiger charge is 2.47. The molecule has 4 aromatic rings. The first-order valence-corrected chi connectivity index (χ1v) is 13.6. The van der Waals surface area contributed by atoms with Gasteiger partial charge in [0.1, 0.15) is 23.0 Å². The van der Waals surface area contributed by atoms with Gasteiger partial charge in [0, 0.05) is 11.3 Å². The standard InChI is InChI=1S/C35H33NO5/c1-21(2)28-20-29(23(4)18-30(28)40-5)33(37)31-32(36(35(39)34(31)38)25-13-9-11-22(3)17-25)24-12-10-16-27(19-24)41-26-14-7-6-8-15-26/h6-21,32,37H,1-5H3/b33-31+. The van der Waals surface area contributed by atoms with Gasteiger partial charge in [0.2, 0.25) is 0 Å². The number of aryl methyl sites for hydroxylation is 2. The second kappa shape index (κ2) is 11.3. The van der Waals surface area contributed by atoms with E-state index in [0.717, 1.165) is 16.7 Å². The van der Waals surface area contributed by atoms with Gasteiger partial charge in [0.25, 0.3) is 11.7 Å². The van der Waals surface area contributed by atoms with E-state index >= 15 is 0 Å². The molecule has 0 aliphatic carbocycles. The molecule has 0 saturated carbocycles. The monoisotopic (exact) mass is 547 g/mol. The van der Waals surface area contributed by atoms with Crippen LogP contribution in [0.5, 0.6) is 17.2 Å². The van der Waals surface area contributed by atoms with Crippen molar-refractivity contribution in [3.63, 3.8) is 0 Å². The minimum atomic E-state index is -0.875. The van der Waals surface area contributed by atoms with E-state index in [4.69, 9.17) is 9.47 Å². The number of amides is 1. The minimum Gasteiger partial charge on any atom is -0.507 e. The van der Waals surface area contributed by atoms with Gasteiger partial charge in [-0.1, -0.05) is 56.3 Å². The number of hydrogen-bond acceptors (Lipinski definition) is 5. The van der Waals surface area contributed by atoms with Crippen molar-refractivity contribution in [1.82, 2.24) is 0 Å². The Morgan fingerprint density at radius 3 is 2.24 bits per heavy atom. The second-order valence-corrected chi connectivity index (χ2v) is 10.6. The molecule has 1 heterocycles. The van der Waals surface area contributed by atoms with Crippen molar-refractivity contribution < 1.29 is 24.2 Å². The SMILES string of the molecule is COc1cc(C)c(/C(O)=C2\C(=O)C(=O)N(c3cccc(C)c3)C2c2cccc(Oc3ccccc3)c2)cc1C(C)C. The molecule has 1 aliphatic rings. The fourth-order valence-corrected chi connectivity index (χ4v) is 5.29. The summed E-state index contributed by atoms with van der Waals surface area (Å²) in [4.78, 5) is 28.9. The van der Waals surface area contributed by atoms with Gasteiger partial charge in [-0.05, 0) is 90.6 Å². The maximum atomic E-state index is 13.7. The van der Waals surface area contributed by atoms with Crippen LogP contribution in [-0.4, -0.2) is 23.9 Å². The van der Waals surface area contributed by atoms with Crippen LogP contribution in [0.15, 0.2) is 96.6 Å². The first-order chi connectivity index (χ1) is 19.7. The van der Waals surface area contributed by atoms with E-state index in [-0.39, 0.29) is 17.3 Å². The molecule has 4 aromatic carbocycles. The van der Waals surface area contributed by atoms with Gasteiger partial charge in [0.05, 0.1) is 18.7 Å². The number of methoxy groups -OCH3 is 1. The van der Waals surface area contributed by atoms with E-state index in [0.29, 0.717) is 34.1 Å². The molecule has 0 radical (unpaired) electrons. The highest BCUT2D eigenvalue weighted by atomic mass is 16.5. The number of benzene rings is 4. The summed E-state index contributed by atoms with van der Waals surface area (Å²) >= 11 is 0. The zero-order valence-corrected chi connectivity index (χ0v) is 23.8. The van der Waals surface area contributed by atoms with E-state index in [2.05, 4.69) is 0 Å². The minimum absolute atomic E-state index is 0.0244. The molecule has 1 aliphatic heterocycles. The summed E-state index contributed by atoms with van der Waals surface area (Å²) in [5.74, 6) is 0.348. The normalized spacial score (nSPS) is 16.3. The lowest BCUT2D eigenvalue weighted by Gasteiger charge is -2.26. The number of hydrogen-bond donors (Lipinski definition) is 1. The molecule has 1 unspecified atom stereocenters. The Hall–Kier alpha value is -4.84. The third-order valence-electron chi connectivity index (χ3n) is 7.33. The molecule has 5 rings (SSSR count). The smallest absolute Gasteiger partial charge is 0.300 e. The van der Waals surface area contributed by atoms with Crippen LogP contribution in [0.2, 0.25) is 0 Å².